The van der Waals surface area contributed by atoms with E-state index in [9.17, 15) is 24.6 Å². The molecule has 3 aliphatic heterocycles. The molecule has 0 saturated carbocycles. The zero-order valence-electron chi connectivity index (χ0n) is 17.5. The van der Waals surface area contributed by atoms with Crippen LogP contribution < -0.4 is 0 Å². The molecule has 3 fully saturated rings. The van der Waals surface area contributed by atoms with Gasteiger partial charge in [0.2, 0.25) is 11.8 Å². The summed E-state index contributed by atoms with van der Waals surface area (Å²) in [6, 6.07) is -1.28. The third-order valence-electron chi connectivity index (χ3n) is 6.76. The van der Waals surface area contributed by atoms with Crippen LogP contribution in [0.25, 0.3) is 0 Å². The number of hydrogen-bond donors (Lipinski definition) is 2. The maximum Gasteiger partial charge on any atom is 0.308 e. The lowest BCUT2D eigenvalue weighted by Crippen LogP contribution is -2.57. The molecule has 0 aromatic rings. The van der Waals surface area contributed by atoms with Crippen LogP contribution in [-0.4, -0.2) is 84.4 Å². The van der Waals surface area contributed by atoms with E-state index >= 15 is 0 Å². The SMILES string of the molecule is C=CCN(CCCC)C(=O)C1N([C@@H](CC)CO)C(=O)[C@@H]2[C@@H](C(=O)O)[C@@H]3SC12CC3Br. The number of carboxylic acid groups (broad SMARTS) is 1. The van der Waals surface area contributed by atoms with E-state index in [1.807, 2.05) is 6.92 Å². The number of carbonyl (C=O) groups is 3. The fourth-order valence-corrected chi connectivity index (χ4v) is 8.99. The van der Waals surface area contributed by atoms with Gasteiger partial charge in [-0.2, -0.15) is 0 Å². The van der Waals surface area contributed by atoms with Crippen LogP contribution in [0.1, 0.15) is 39.5 Å². The van der Waals surface area contributed by atoms with Gasteiger partial charge in [-0.25, -0.2) is 0 Å². The van der Waals surface area contributed by atoms with Gasteiger partial charge >= 0.3 is 5.97 Å². The van der Waals surface area contributed by atoms with Crippen LogP contribution in [0.2, 0.25) is 0 Å². The molecule has 2 amide bonds. The van der Waals surface area contributed by atoms with Gasteiger partial charge in [0.25, 0.3) is 0 Å². The smallest absolute Gasteiger partial charge is 0.308 e. The summed E-state index contributed by atoms with van der Waals surface area (Å²) < 4.78 is -0.787. The first-order chi connectivity index (χ1) is 14.3. The number of thioether (sulfide) groups is 1. The van der Waals surface area contributed by atoms with Crippen LogP contribution in [0.15, 0.2) is 12.7 Å². The molecule has 0 aromatic heterocycles. The van der Waals surface area contributed by atoms with E-state index in [0.29, 0.717) is 25.9 Å². The van der Waals surface area contributed by atoms with Gasteiger partial charge in [0, 0.05) is 23.2 Å². The van der Waals surface area contributed by atoms with E-state index in [-0.39, 0.29) is 28.5 Å². The van der Waals surface area contributed by atoms with Crippen molar-refractivity contribution >= 4 is 45.5 Å². The molecular weight excluding hydrogens is 472 g/mol. The van der Waals surface area contributed by atoms with Crippen molar-refractivity contribution in [3.63, 3.8) is 0 Å². The number of carbonyl (C=O) groups excluding carboxylic acids is 2. The Morgan fingerprint density at radius 1 is 1.47 bits per heavy atom. The lowest BCUT2D eigenvalue weighted by atomic mass is 9.71. The van der Waals surface area contributed by atoms with Gasteiger partial charge in [0.1, 0.15) is 6.04 Å². The van der Waals surface area contributed by atoms with Gasteiger partial charge in [-0.3, -0.25) is 14.4 Å². The number of aliphatic hydroxyl groups excluding tert-OH is 1. The normalized spacial score (nSPS) is 35.4. The Hall–Kier alpha value is -1.06. The van der Waals surface area contributed by atoms with Gasteiger partial charge in [-0.05, 0) is 19.3 Å². The topological polar surface area (TPSA) is 98.2 Å². The second-order valence-electron chi connectivity index (χ2n) is 8.42. The number of rotatable bonds is 10. The lowest BCUT2D eigenvalue weighted by molar-refractivity contribution is -0.149. The molecule has 0 aliphatic carbocycles. The monoisotopic (exact) mass is 502 g/mol. The van der Waals surface area contributed by atoms with Crippen molar-refractivity contribution in [1.29, 1.82) is 0 Å². The minimum atomic E-state index is -0.990. The summed E-state index contributed by atoms with van der Waals surface area (Å²) in [5, 5.41) is 19.7. The molecule has 3 heterocycles. The molecule has 7 atom stereocenters. The predicted molar refractivity (Wildman–Crippen MR) is 120 cm³/mol. The number of hydrogen-bond acceptors (Lipinski definition) is 5. The molecule has 3 unspecified atom stereocenters. The quantitative estimate of drug-likeness (QED) is 0.350. The zero-order chi connectivity index (χ0) is 22.2. The number of carboxylic acids is 1. The number of likely N-dealkylation sites (tertiary alicyclic amines) is 1. The van der Waals surface area contributed by atoms with Crippen molar-refractivity contribution in [3.05, 3.63) is 12.7 Å². The van der Waals surface area contributed by atoms with Crippen LogP contribution in [0.3, 0.4) is 0 Å². The van der Waals surface area contributed by atoms with E-state index in [1.165, 1.54) is 16.7 Å². The average Bonchev–Trinajstić information content (AvgIpc) is 3.30. The molecule has 3 aliphatic rings. The van der Waals surface area contributed by atoms with Gasteiger partial charge in [-0.1, -0.05) is 42.3 Å². The number of aliphatic carboxylic acids is 1. The van der Waals surface area contributed by atoms with Gasteiger partial charge in [0.05, 0.1) is 29.2 Å². The maximum absolute atomic E-state index is 13.9. The van der Waals surface area contributed by atoms with E-state index in [1.54, 1.807) is 11.0 Å². The second kappa shape index (κ2) is 9.20. The number of aliphatic hydroxyl groups is 1. The van der Waals surface area contributed by atoms with Crippen molar-refractivity contribution in [3.8, 4) is 0 Å². The largest absolute Gasteiger partial charge is 0.481 e. The average molecular weight is 503 g/mol. The summed E-state index contributed by atoms with van der Waals surface area (Å²) in [4.78, 5) is 42.8. The highest BCUT2D eigenvalue weighted by Crippen LogP contribution is 2.68. The Balaban J connectivity index is 2.09. The first-order valence-electron chi connectivity index (χ1n) is 10.7. The summed E-state index contributed by atoms with van der Waals surface area (Å²) in [6.07, 6.45) is 4.50. The molecular formula is C21H31BrN2O5S. The van der Waals surface area contributed by atoms with Crippen molar-refractivity contribution in [2.75, 3.05) is 19.7 Å². The summed E-state index contributed by atoms with van der Waals surface area (Å²) >= 11 is 5.12. The van der Waals surface area contributed by atoms with E-state index in [0.717, 1.165) is 12.8 Å². The Kier molecular flexibility index (Phi) is 7.24. The minimum absolute atomic E-state index is 0.0689. The highest BCUT2D eigenvalue weighted by Gasteiger charge is 2.76. The Bertz CT molecular complexity index is 718. The number of amides is 2. The molecule has 2 N–H and O–H groups in total. The van der Waals surface area contributed by atoms with Gasteiger partial charge in [0.15, 0.2) is 0 Å². The summed E-state index contributed by atoms with van der Waals surface area (Å²) in [7, 11) is 0. The second-order valence-corrected chi connectivity index (χ2v) is 11.1. The van der Waals surface area contributed by atoms with Crippen molar-refractivity contribution in [2.45, 2.75) is 66.4 Å². The molecule has 30 heavy (non-hydrogen) atoms. The summed E-state index contributed by atoms with van der Waals surface area (Å²) in [5.41, 5.74) is 0. The van der Waals surface area contributed by atoms with Crippen LogP contribution in [0.4, 0.5) is 0 Å². The first-order valence-corrected chi connectivity index (χ1v) is 12.5. The van der Waals surface area contributed by atoms with Crippen molar-refractivity contribution in [1.82, 2.24) is 9.80 Å². The fraction of sp³-hybridized carbons (Fsp3) is 0.762. The Morgan fingerprint density at radius 3 is 2.70 bits per heavy atom. The van der Waals surface area contributed by atoms with Crippen molar-refractivity contribution in [2.24, 2.45) is 11.8 Å². The lowest BCUT2D eigenvalue weighted by Gasteiger charge is -2.39. The Morgan fingerprint density at radius 2 is 2.17 bits per heavy atom. The zero-order valence-corrected chi connectivity index (χ0v) is 19.9. The third-order valence-corrected chi connectivity index (χ3v) is 9.98. The third kappa shape index (κ3) is 3.50. The number of halogens is 1. The predicted octanol–water partition coefficient (Wildman–Crippen LogP) is 2.12. The van der Waals surface area contributed by atoms with Crippen LogP contribution in [0, 0.1) is 11.8 Å². The van der Waals surface area contributed by atoms with E-state index in [2.05, 4.69) is 29.4 Å². The molecule has 0 radical (unpaired) electrons. The Labute approximate surface area is 190 Å². The maximum atomic E-state index is 13.9. The highest BCUT2D eigenvalue weighted by atomic mass is 79.9. The molecule has 0 aromatic carbocycles. The summed E-state index contributed by atoms with van der Waals surface area (Å²) in [5.74, 6) is -3.03. The number of unbranched alkanes of at least 4 members (excludes halogenated alkanes) is 1. The standard InChI is InChI=1S/C21H31BrN2O5S/c1-4-7-9-23(8-5-2)19(27)17-21-10-13(22)16(30-21)14(20(28)29)15(21)18(26)24(17)12(6-3)11-25/h5,12-17,25H,2,4,6-11H2,1,3H3,(H,28,29)/t12-,13?,14+,15-,16+,17?,21?/m0/s1. The van der Waals surface area contributed by atoms with Crippen molar-refractivity contribution < 1.29 is 24.6 Å². The molecule has 3 saturated heterocycles. The highest BCUT2D eigenvalue weighted by molar-refractivity contribution is 9.09. The van der Waals surface area contributed by atoms with Crippen LogP contribution in [-0.2, 0) is 14.4 Å². The van der Waals surface area contributed by atoms with Crippen LogP contribution in [0.5, 0.6) is 0 Å². The van der Waals surface area contributed by atoms with E-state index in [4.69, 9.17) is 0 Å². The molecule has 7 nitrogen and oxygen atoms in total. The number of nitrogens with zero attached hydrogens (tertiary/aromatic N) is 2. The summed E-state index contributed by atoms with van der Waals surface area (Å²) in [6.45, 7) is 8.38. The minimum Gasteiger partial charge on any atom is -0.481 e. The number of fused-ring (bicyclic) bond motifs is 1. The van der Waals surface area contributed by atoms with Gasteiger partial charge < -0.3 is 20.0 Å². The molecule has 168 valence electrons. The van der Waals surface area contributed by atoms with Crippen LogP contribution >= 0.6 is 27.7 Å². The fourth-order valence-electron chi connectivity index (χ4n) is 5.41. The number of alkyl halides is 1. The first kappa shape index (κ1) is 23.6. The molecule has 3 rings (SSSR count). The van der Waals surface area contributed by atoms with E-state index < -0.39 is 34.6 Å². The molecule has 1 spiro atoms. The van der Waals surface area contributed by atoms with Gasteiger partial charge in [-0.15, -0.1) is 18.3 Å². The molecule has 9 heteroatoms. The molecule has 2 bridgehead atoms.